The van der Waals surface area contributed by atoms with Crippen molar-refractivity contribution in [2.45, 2.75) is 32.0 Å². The van der Waals surface area contributed by atoms with Crippen molar-refractivity contribution in [1.29, 1.82) is 0 Å². The van der Waals surface area contributed by atoms with Crippen LogP contribution >= 0.6 is 15.9 Å². The Hall–Kier alpha value is -1.39. The summed E-state index contributed by atoms with van der Waals surface area (Å²) < 4.78 is 20.6. The van der Waals surface area contributed by atoms with E-state index < -0.39 is 0 Å². The van der Waals surface area contributed by atoms with Crippen LogP contribution in [-0.2, 0) is 13.2 Å². The molecule has 0 radical (unpaired) electrons. The molecule has 1 saturated carbocycles. The van der Waals surface area contributed by atoms with Crippen molar-refractivity contribution in [2.24, 2.45) is 0 Å². The molecule has 21 heavy (non-hydrogen) atoms. The lowest BCUT2D eigenvalue weighted by Crippen LogP contribution is -2.15. The summed E-state index contributed by atoms with van der Waals surface area (Å²) in [6, 6.07) is 13.6. The van der Waals surface area contributed by atoms with Crippen LogP contribution in [0.5, 0.6) is 5.75 Å². The van der Waals surface area contributed by atoms with Crippen LogP contribution in [0.15, 0.2) is 46.9 Å². The summed E-state index contributed by atoms with van der Waals surface area (Å²) in [5.74, 6) is -0.0157. The lowest BCUT2D eigenvalue weighted by molar-refractivity contribution is 0.289. The van der Waals surface area contributed by atoms with Crippen LogP contribution in [0, 0.1) is 5.82 Å². The highest BCUT2D eigenvalue weighted by Crippen LogP contribution is 2.23. The molecule has 2 nitrogen and oxygen atoms in total. The predicted octanol–water partition coefficient (Wildman–Crippen LogP) is 4.42. The van der Waals surface area contributed by atoms with E-state index in [2.05, 4.69) is 21.2 Å². The van der Waals surface area contributed by atoms with Crippen LogP contribution in [0.25, 0.3) is 0 Å². The quantitative estimate of drug-likeness (QED) is 0.833. The highest BCUT2D eigenvalue weighted by atomic mass is 79.9. The van der Waals surface area contributed by atoms with Crippen molar-refractivity contribution < 1.29 is 9.13 Å². The Labute approximate surface area is 132 Å². The van der Waals surface area contributed by atoms with Crippen LogP contribution in [0.4, 0.5) is 4.39 Å². The van der Waals surface area contributed by atoms with Gasteiger partial charge in [-0.2, -0.15) is 0 Å². The Morgan fingerprint density at radius 1 is 1.19 bits per heavy atom. The first-order chi connectivity index (χ1) is 10.2. The average Bonchev–Trinajstić information content (AvgIpc) is 3.30. The molecule has 1 aliphatic rings. The fourth-order valence-corrected chi connectivity index (χ4v) is 2.49. The minimum absolute atomic E-state index is 0.293. The summed E-state index contributed by atoms with van der Waals surface area (Å²) in [7, 11) is 0. The molecule has 0 aliphatic heterocycles. The molecule has 110 valence electrons. The maximum Gasteiger partial charge on any atom is 0.165 e. The van der Waals surface area contributed by atoms with Crippen molar-refractivity contribution in [3.63, 3.8) is 0 Å². The zero-order valence-corrected chi connectivity index (χ0v) is 13.2. The molecular formula is C17H17BrFNO. The van der Waals surface area contributed by atoms with Gasteiger partial charge in [0.05, 0.1) is 0 Å². The third-order valence-electron chi connectivity index (χ3n) is 3.51. The smallest absolute Gasteiger partial charge is 0.165 e. The summed E-state index contributed by atoms with van der Waals surface area (Å²) >= 11 is 3.46. The van der Waals surface area contributed by atoms with Gasteiger partial charge in [-0.15, -0.1) is 0 Å². The number of nitrogens with one attached hydrogen (secondary N) is 1. The third-order valence-corrected chi connectivity index (χ3v) is 4.28. The summed E-state index contributed by atoms with van der Waals surface area (Å²) in [6.45, 7) is 1.06. The first kappa shape index (κ1) is 14.5. The van der Waals surface area contributed by atoms with Gasteiger partial charge in [-0.05, 0) is 36.6 Å². The Kier molecular flexibility index (Phi) is 4.56. The predicted molar refractivity (Wildman–Crippen MR) is 84.7 cm³/mol. The van der Waals surface area contributed by atoms with Gasteiger partial charge < -0.3 is 10.1 Å². The van der Waals surface area contributed by atoms with Gasteiger partial charge in [0.15, 0.2) is 11.6 Å². The Morgan fingerprint density at radius 3 is 2.71 bits per heavy atom. The van der Waals surface area contributed by atoms with Crippen LogP contribution in [0.2, 0.25) is 0 Å². The van der Waals surface area contributed by atoms with Crippen LogP contribution in [0.3, 0.4) is 0 Å². The van der Waals surface area contributed by atoms with Crippen LogP contribution in [0.1, 0.15) is 24.0 Å². The van der Waals surface area contributed by atoms with E-state index in [9.17, 15) is 4.39 Å². The Balaban J connectivity index is 1.61. The number of hydrogen-bond acceptors (Lipinski definition) is 2. The molecule has 0 saturated heterocycles. The van der Waals surface area contributed by atoms with E-state index in [0.29, 0.717) is 24.9 Å². The third kappa shape index (κ3) is 4.05. The molecular weight excluding hydrogens is 333 g/mol. The molecule has 0 spiro atoms. The minimum atomic E-state index is -0.308. The number of benzene rings is 2. The molecule has 0 heterocycles. The molecule has 3 rings (SSSR count). The Morgan fingerprint density at radius 2 is 2.00 bits per heavy atom. The summed E-state index contributed by atoms with van der Waals surface area (Å²) in [5.41, 5.74) is 1.95. The number of hydrogen-bond donors (Lipinski definition) is 1. The van der Waals surface area contributed by atoms with E-state index in [1.54, 1.807) is 12.1 Å². The standard InChI is InChI=1S/C17H17BrFNO/c18-15-4-2-1-3-13(15)11-21-17-8-5-12(9-16(17)19)10-20-14-6-7-14/h1-5,8-9,14,20H,6-7,10-11H2. The maximum absolute atomic E-state index is 14.0. The molecule has 0 bridgehead atoms. The van der Waals surface area contributed by atoms with Gasteiger partial charge >= 0.3 is 0 Å². The largest absolute Gasteiger partial charge is 0.486 e. The van der Waals surface area contributed by atoms with Crippen LogP contribution in [-0.4, -0.2) is 6.04 Å². The van der Waals surface area contributed by atoms with Gasteiger partial charge in [0.1, 0.15) is 6.61 Å². The highest BCUT2D eigenvalue weighted by molar-refractivity contribution is 9.10. The lowest BCUT2D eigenvalue weighted by Gasteiger charge is -2.10. The van der Waals surface area contributed by atoms with Gasteiger partial charge in [0, 0.05) is 22.6 Å². The molecule has 2 aromatic carbocycles. The molecule has 0 unspecified atom stereocenters. The average molecular weight is 350 g/mol. The van der Waals surface area contributed by atoms with E-state index >= 15 is 0 Å². The fraction of sp³-hybridized carbons (Fsp3) is 0.294. The van der Waals surface area contributed by atoms with Crippen LogP contribution < -0.4 is 10.1 Å². The number of ether oxygens (including phenoxy) is 1. The molecule has 1 aliphatic carbocycles. The van der Waals surface area contributed by atoms with Gasteiger partial charge in [-0.25, -0.2) is 4.39 Å². The minimum Gasteiger partial charge on any atom is -0.486 e. The Bertz CT molecular complexity index is 628. The molecule has 4 heteroatoms. The SMILES string of the molecule is Fc1cc(CNC2CC2)ccc1OCc1ccccc1Br. The summed E-state index contributed by atoms with van der Waals surface area (Å²) in [6.07, 6.45) is 2.46. The van der Waals surface area contributed by atoms with Crippen molar-refractivity contribution in [3.05, 3.63) is 63.9 Å². The normalized spacial score (nSPS) is 14.2. The second-order valence-corrected chi connectivity index (χ2v) is 6.15. The molecule has 1 fully saturated rings. The van der Waals surface area contributed by atoms with E-state index in [0.717, 1.165) is 15.6 Å². The van der Waals surface area contributed by atoms with Crippen molar-refractivity contribution >= 4 is 15.9 Å². The molecule has 1 N–H and O–H groups in total. The van der Waals surface area contributed by atoms with Crippen molar-refractivity contribution in [2.75, 3.05) is 0 Å². The number of halogens is 2. The lowest BCUT2D eigenvalue weighted by atomic mass is 10.2. The van der Waals surface area contributed by atoms with Gasteiger partial charge in [0.25, 0.3) is 0 Å². The highest BCUT2D eigenvalue weighted by Gasteiger charge is 2.20. The van der Waals surface area contributed by atoms with E-state index in [1.807, 2.05) is 30.3 Å². The monoisotopic (exact) mass is 349 g/mol. The zero-order chi connectivity index (χ0) is 14.7. The zero-order valence-electron chi connectivity index (χ0n) is 11.6. The summed E-state index contributed by atoms with van der Waals surface area (Å²) in [4.78, 5) is 0. The fourth-order valence-electron chi connectivity index (χ4n) is 2.09. The molecule has 2 aromatic rings. The first-order valence-electron chi connectivity index (χ1n) is 7.10. The molecule has 0 amide bonds. The summed E-state index contributed by atoms with van der Waals surface area (Å²) in [5, 5.41) is 3.37. The second kappa shape index (κ2) is 6.58. The van der Waals surface area contributed by atoms with Gasteiger partial charge in [0.2, 0.25) is 0 Å². The maximum atomic E-state index is 14.0. The molecule has 0 aromatic heterocycles. The van der Waals surface area contributed by atoms with Gasteiger partial charge in [-0.1, -0.05) is 40.2 Å². The van der Waals surface area contributed by atoms with Crippen molar-refractivity contribution in [3.8, 4) is 5.75 Å². The number of rotatable bonds is 6. The van der Waals surface area contributed by atoms with E-state index in [1.165, 1.54) is 12.8 Å². The van der Waals surface area contributed by atoms with Gasteiger partial charge in [-0.3, -0.25) is 0 Å². The topological polar surface area (TPSA) is 21.3 Å². The van der Waals surface area contributed by atoms with E-state index in [4.69, 9.17) is 4.74 Å². The second-order valence-electron chi connectivity index (χ2n) is 5.30. The van der Waals surface area contributed by atoms with E-state index in [-0.39, 0.29) is 5.82 Å². The first-order valence-corrected chi connectivity index (χ1v) is 7.89. The van der Waals surface area contributed by atoms with Crippen molar-refractivity contribution in [1.82, 2.24) is 5.32 Å². The molecule has 0 atom stereocenters.